The molecule has 0 aliphatic carbocycles. The monoisotopic (exact) mass is 802 g/mol. The maximum absolute atomic E-state index is 5.81. The lowest BCUT2D eigenvalue weighted by atomic mass is 9.76. The first-order chi connectivity index (χ1) is 29.3. The molecule has 2 heterocycles. The van der Waals surface area contributed by atoms with E-state index in [9.17, 15) is 0 Å². The summed E-state index contributed by atoms with van der Waals surface area (Å²) in [5, 5.41) is 0. The van der Waals surface area contributed by atoms with Crippen molar-refractivity contribution in [1.29, 1.82) is 0 Å². The molecular formula is C55H50N2O2S. The first-order valence-electron chi connectivity index (χ1n) is 20.8. The molecule has 5 heteroatoms. The lowest BCUT2D eigenvalue weighted by molar-refractivity contribution is 0.360. The Morgan fingerprint density at radius 1 is 0.567 bits per heavy atom. The fourth-order valence-corrected chi connectivity index (χ4v) is 10.2. The van der Waals surface area contributed by atoms with Crippen LogP contribution >= 0.6 is 11.3 Å². The van der Waals surface area contributed by atoms with E-state index in [2.05, 4.69) is 207 Å². The van der Waals surface area contributed by atoms with Gasteiger partial charge in [0.05, 0.1) is 25.4 Å². The van der Waals surface area contributed by atoms with Crippen LogP contribution < -0.4 is 19.3 Å². The van der Waals surface area contributed by atoms with Crippen molar-refractivity contribution in [3.05, 3.63) is 187 Å². The highest BCUT2D eigenvalue weighted by Gasteiger charge is 2.47. The van der Waals surface area contributed by atoms with Crippen LogP contribution in [0.15, 0.2) is 176 Å². The maximum atomic E-state index is 5.81. The van der Waals surface area contributed by atoms with Crippen molar-refractivity contribution in [2.45, 2.75) is 45.6 Å². The van der Waals surface area contributed by atoms with Gasteiger partial charge in [-0.25, -0.2) is 0 Å². The molecule has 298 valence electrons. The number of hydrogen-bond acceptors (Lipinski definition) is 5. The summed E-state index contributed by atoms with van der Waals surface area (Å²) >= 11 is 1.88. The van der Waals surface area contributed by atoms with E-state index in [-0.39, 0.29) is 5.54 Å². The molecule has 1 atom stereocenters. The Morgan fingerprint density at radius 3 is 1.65 bits per heavy atom. The van der Waals surface area contributed by atoms with Gasteiger partial charge < -0.3 is 19.3 Å². The van der Waals surface area contributed by atoms with E-state index in [1.54, 1.807) is 14.2 Å². The first kappa shape index (κ1) is 38.9. The average Bonchev–Trinajstić information content (AvgIpc) is 3.71. The molecular weight excluding hydrogens is 753 g/mol. The quantitative estimate of drug-likeness (QED) is 0.123. The Bertz CT molecular complexity index is 2740. The van der Waals surface area contributed by atoms with E-state index in [1.807, 2.05) is 17.4 Å². The summed E-state index contributed by atoms with van der Waals surface area (Å²) in [6.07, 6.45) is 0.958. The molecule has 60 heavy (non-hydrogen) atoms. The minimum atomic E-state index is -0.163. The second-order valence-corrected chi connectivity index (χ2v) is 17.0. The number of benzene rings is 7. The molecule has 1 aliphatic rings. The molecule has 0 radical (unpaired) electrons. The summed E-state index contributed by atoms with van der Waals surface area (Å²) < 4.78 is 11.5. The second kappa shape index (κ2) is 16.2. The van der Waals surface area contributed by atoms with Gasteiger partial charge in [-0.15, -0.1) is 11.3 Å². The van der Waals surface area contributed by atoms with E-state index in [0.717, 1.165) is 40.7 Å². The fourth-order valence-electron chi connectivity index (χ4n) is 8.83. The van der Waals surface area contributed by atoms with E-state index in [1.165, 1.54) is 59.9 Å². The summed E-state index contributed by atoms with van der Waals surface area (Å²) in [4.78, 5) is 7.28. The van der Waals surface area contributed by atoms with E-state index < -0.39 is 0 Å². The normalized spacial score (nSPS) is 14.4. The van der Waals surface area contributed by atoms with E-state index in [4.69, 9.17) is 9.47 Å². The van der Waals surface area contributed by atoms with Gasteiger partial charge in [0.2, 0.25) is 0 Å². The third kappa shape index (κ3) is 6.83. The molecule has 0 saturated carbocycles. The number of methoxy groups -OCH3 is 2. The molecule has 4 nitrogen and oxygen atoms in total. The third-order valence-corrected chi connectivity index (χ3v) is 13.4. The van der Waals surface area contributed by atoms with Crippen molar-refractivity contribution in [3.8, 4) is 54.6 Å². The highest BCUT2D eigenvalue weighted by atomic mass is 32.1. The Morgan fingerprint density at radius 2 is 1.12 bits per heavy atom. The molecule has 7 aromatic carbocycles. The summed E-state index contributed by atoms with van der Waals surface area (Å²) in [7, 11) is 3.48. The summed E-state index contributed by atoms with van der Waals surface area (Å²) in [6.45, 7) is 9.06. The van der Waals surface area contributed by atoms with E-state index >= 15 is 0 Å². The smallest absolute Gasteiger partial charge is 0.126 e. The van der Waals surface area contributed by atoms with Gasteiger partial charge in [-0.2, -0.15) is 0 Å². The van der Waals surface area contributed by atoms with Gasteiger partial charge in [0.1, 0.15) is 11.5 Å². The molecule has 0 fully saturated rings. The number of anilines is 5. The fraction of sp³-hybridized carbons (Fsp3) is 0.164. The summed E-state index contributed by atoms with van der Waals surface area (Å²) in [6, 6.07) is 63.5. The zero-order chi connectivity index (χ0) is 41.4. The van der Waals surface area contributed by atoms with Crippen LogP contribution in [0, 0.1) is 0 Å². The number of thiophene rings is 1. The summed E-state index contributed by atoms with van der Waals surface area (Å²) in [5.41, 5.74) is 15.3. The second-order valence-electron chi connectivity index (χ2n) is 15.9. The van der Waals surface area contributed by atoms with Crippen molar-refractivity contribution < 1.29 is 9.47 Å². The predicted molar refractivity (Wildman–Crippen MR) is 254 cm³/mol. The molecule has 0 amide bonds. The number of rotatable bonds is 12. The Hall–Kier alpha value is -6.56. The van der Waals surface area contributed by atoms with Crippen LogP contribution in [0.3, 0.4) is 0 Å². The average molecular weight is 803 g/mol. The van der Waals surface area contributed by atoms with Crippen molar-refractivity contribution in [3.63, 3.8) is 0 Å². The molecule has 1 aliphatic heterocycles. The zero-order valence-electron chi connectivity index (χ0n) is 35.1. The Balaban J connectivity index is 1.15. The van der Waals surface area contributed by atoms with Gasteiger partial charge in [0, 0.05) is 55.3 Å². The molecule has 1 unspecified atom stereocenters. The van der Waals surface area contributed by atoms with Crippen molar-refractivity contribution >= 4 is 39.8 Å². The Labute approximate surface area is 358 Å². The largest absolute Gasteiger partial charge is 0.497 e. The van der Waals surface area contributed by atoms with E-state index in [0.29, 0.717) is 5.92 Å². The highest BCUT2D eigenvalue weighted by Crippen LogP contribution is 2.58. The number of hydrogen-bond donors (Lipinski definition) is 0. The first-order valence-corrected chi connectivity index (χ1v) is 21.6. The maximum Gasteiger partial charge on any atom is 0.126 e. The lowest BCUT2D eigenvalue weighted by Crippen LogP contribution is -2.49. The third-order valence-electron chi connectivity index (χ3n) is 12.1. The van der Waals surface area contributed by atoms with Crippen LogP contribution in [0.2, 0.25) is 0 Å². The number of ether oxygens (including phenoxy) is 2. The number of nitrogens with zero attached hydrogens (tertiary/aromatic N) is 2. The topological polar surface area (TPSA) is 24.9 Å². The lowest BCUT2D eigenvalue weighted by Gasteiger charge is -2.53. The zero-order valence-corrected chi connectivity index (χ0v) is 36.0. The molecule has 0 bridgehead atoms. The van der Waals surface area contributed by atoms with Crippen molar-refractivity contribution in [2.75, 3.05) is 24.0 Å². The van der Waals surface area contributed by atoms with Crippen LogP contribution in [0.1, 0.15) is 51.2 Å². The van der Waals surface area contributed by atoms with Gasteiger partial charge in [0.15, 0.2) is 0 Å². The predicted octanol–water partition coefficient (Wildman–Crippen LogP) is 15.8. The molecule has 0 spiro atoms. The van der Waals surface area contributed by atoms with Gasteiger partial charge >= 0.3 is 0 Å². The van der Waals surface area contributed by atoms with Crippen LogP contribution in [0.5, 0.6) is 11.5 Å². The minimum Gasteiger partial charge on any atom is -0.497 e. The molecule has 0 saturated heterocycles. The summed E-state index contributed by atoms with van der Waals surface area (Å²) in [5.74, 6) is 2.23. The van der Waals surface area contributed by atoms with Crippen LogP contribution in [-0.4, -0.2) is 14.2 Å². The van der Waals surface area contributed by atoms with Crippen LogP contribution in [0.25, 0.3) is 43.1 Å². The highest BCUT2D eigenvalue weighted by molar-refractivity contribution is 7.20. The van der Waals surface area contributed by atoms with Gasteiger partial charge in [-0.05, 0) is 108 Å². The minimum absolute atomic E-state index is 0.163. The van der Waals surface area contributed by atoms with Gasteiger partial charge in [-0.1, -0.05) is 130 Å². The van der Waals surface area contributed by atoms with Crippen molar-refractivity contribution in [1.82, 2.24) is 0 Å². The van der Waals surface area contributed by atoms with Gasteiger partial charge in [-0.3, -0.25) is 0 Å². The van der Waals surface area contributed by atoms with Crippen LogP contribution in [-0.2, 0) is 5.54 Å². The SMILES string of the molecule is CCC1(C)c2c(OC)cccc2N1c1ccc(N(c2ccc(-c3sc(-c4ccc(C(C)C)cc4)c(-c4ccccc4)c3-c3ccccc3)cc2)c2cccc(OC)c2)cc1. The van der Waals surface area contributed by atoms with Crippen LogP contribution in [0.4, 0.5) is 28.4 Å². The molecule has 0 N–H and O–H groups in total. The number of fused-ring (bicyclic) bond motifs is 1. The van der Waals surface area contributed by atoms with Gasteiger partial charge in [0.25, 0.3) is 0 Å². The standard InChI is InChI=1S/C55H50N2O2S/c1-7-55(4)52-48(22-15-23-49(52)59-6)57(55)45-34-32-44(33-35-45)56(46-20-14-21-47(36-46)58-5)43-30-28-42(29-31-43)54-51(40-18-12-9-13-19-40)50(39-16-10-8-11-17-39)53(60-54)41-26-24-38(25-27-41)37(2)3/h8-37H,7H2,1-6H3. The molecule has 1 aromatic heterocycles. The Kier molecular flexibility index (Phi) is 10.5. The van der Waals surface area contributed by atoms with Crippen molar-refractivity contribution in [2.24, 2.45) is 0 Å². The molecule has 8 aromatic rings. The molecule has 9 rings (SSSR count).